The molecule has 1 aliphatic carbocycles. The Balaban J connectivity index is 1.28. The number of amides is 1. The van der Waals surface area contributed by atoms with Crippen molar-refractivity contribution >= 4 is 17.7 Å². The van der Waals surface area contributed by atoms with E-state index in [1.807, 2.05) is 0 Å². The molecule has 0 radical (unpaired) electrons. The minimum absolute atomic E-state index is 0.178. The highest BCUT2D eigenvalue weighted by Gasteiger charge is 2.48. The van der Waals surface area contributed by atoms with Crippen LogP contribution in [0.15, 0.2) is 48.8 Å². The van der Waals surface area contributed by atoms with Crippen LogP contribution < -0.4 is 11.2 Å². The Labute approximate surface area is 177 Å². The smallest absolute Gasteiger partial charge is 0.339 e. The molecular formula is C22H20FN5O3. The van der Waals surface area contributed by atoms with Gasteiger partial charge < -0.3 is 15.9 Å². The van der Waals surface area contributed by atoms with Crippen molar-refractivity contribution in [2.24, 2.45) is 5.92 Å². The molecule has 1 aliphatic heterocycles. The van der Waals surface area contributed by atoms with Crippen molar-refractivity contribution in [2.45, 2.75) is 31.3 Å². The molecule has 8 nitrogen and oxygen atoms in total. The number of fused-ring (bicyclic) bond motifs is 2. The van der Waals surface area contributed by atoms with Gasteiger partial charge in [0, 0.05) is 35.5 Å². The van der Waals surface area contributed by atoms with Gasteiger partial charge in [-0.2, -0.15) is 9.89 Å². The first-order valence-corrected chi connectivity index (χ1v) is 10.0. The number of nitrogens with one attached hydrogen (secondary N) is 1. The number of ether oxygens (including phenoxy) is 1. The van der Waals surface area contributed by atoms with Crippen molar-refractivity contribution in [3.8, 4) is 11.3 Å². The van der Waals surface area contributed by atoms with Crippen LogP contribution in [0.1, 0.15) is 41.6 Å². The van der Waals surface area contributed by atoms with Crippen LogP contribution in [0.5, 0.6) is 0 Å². The number of nitrogens with two attached hydrogens (primary N) is 1. The van der Waals surface area contributed by atoms with Crippen LogP contribution in [0.25, 0.3) is 11.3 Å². The lowest BCUT2D eigenvalue weighted by molar-refractivity contribution is -0.122. The molecule has 0 atom stereocenters. The number of anilines is 1. The number of nitrogen functional groups attached to an aromatic ring is 1. The van der Waals surface area contributed by atoms with E-state index in [9.17, 15) is 14.0 Å². The number of rotatable bonds is 3. The highest BCUT2D eigenvalue weighted by atomic mass is 19.1. The lowest BCUT2D eigenvalue weighted by Gasteiger charge is -2.35. The van der Waals surface area contributed by atoms with E-state index in [1.54, 1.807) is 36.7 Å². The van der Waals surface area contributed by atoms with Gasteiger partial charge in [-0.05, 0) is 43.9 Å². The molecule has 9 heteroatoms. The maximum atomic E-state index is 13.5. The number of pyridine rings is 1. The van der Waals surface area contributed by atoms with Gasteiger partial charge in [0.05, 0.1) is 11.3 Å². The van der Waals surface area contributed by atoms with Crippen LogP contribution in [0.4, 0.5) is 10.2 Å². The van der Waals surface area contributed by atoms with Gasteiger partial charge in [-0.3, -0.25) is 9.78 Å². The first kappa shape index (κ1) is 19.2. The van der Waals surface area contributed by atoms with Gasteiger partial charge in [-0.1, -0.05) is 12.1 Å². The van der Waals surface area contributed by atoms with Crippen LogP contribution >= 0.6 is 0 Å². The summed E-state index contributed by atoms with van der Waals surface area (Å²) < 4.78 is 19.2. The monoisotopic (exact) mass is 421 g/mol. The number of aromatic nitrogens is 3. The highest BCUT2D eigenvalue weighted by Crippen LogP contribution is 2.47. The largest absolute Gasteiger partial charge is 0.450 e. The number of hydrogen-bond donors (Lipinski definition) is 2. The van der Waals surface area contributed by atoms with E-state index in [1.165, 1.54) is 12.1 Å². The molecule has 1 spiro atoms. The third-order valence-electron chi connectivity index (χ3n) is 6.09. The fourth-order valence-corrected chi connectivity index (χ4v) is 4.45. The Morgan fingerprint density at radius 3 is 2.84 bits per heavy atom. The Morgan fingerprint density at radius 1 is 1.26 bits per heavy atom. The average molecular weight is 421 g/mol. The van der Waals surface area contributed by atoms with Gasteiger partial charge in [0.25, 0.3) is 0 Å². The summed E-state index contributed by atoms with van der Waals surface area (Å²) in [5.74, 6) is 5.07. The summed E-state index contributed by atoms with van der Waals surface area (Å²) in [6.07, 6.45) is 5.47. The average Bonchev–Trinajstić information content (AvgIpc) is 3.26. The minimum Gasteiger partial charge on any atom is -0.450 e. The predicted octanol–water partition coefficient (Wildman–Crippen LogP) is 2.99. The van der Waals surface area contributed by atoms with Gasteiger partial charge in [-0.15, -0.1) is 0 Å². The number of hydrogen-bond acceptors (Lipinski definition) is 6. The molecule has 0 saturated heterocycles. The molecule has 1 aromatic carbocycles. The Bertz CT molecular complexity index is 1180. The van der Waals surface area contributed by atoms with Gasteiger partial charge in [0.1, 0.15) is 11.4 Å². The molecule has 2 aromatic heterocycles. The number of nitrogens with zero attached hydrogens (tertiary/aromatic N) is 3. The number of carbonyl (C=O) groups excluding carboxylic acids is 2. The molecule has 3 aromatic rings. The van der Waals surface area contributed by atoms with Crippen molar-refractivity contribution in [1.29, 1.82) is 0 Å². The Kier molecular flexibility index (Phi) is 4.46. The van der Waals surface area contributed by atoms with Crippen LogP contribution in [-0.2, 0) is 15.1 Å². The van der Waals surface area contributed by atoms with Crippen molar-refractivity contribution in [2.75, 3.05) is 11.2 Å². The van der Waals surface area contributed by atoms with E-state index in [0.29, 0.717) is 48.3 Å². The Morgan fingerprint density at radius 2 is 2.06 bits per heavy atom. The highest BCUT2D eigenvalue weighted by molar-refractivity contribution is 5.95. The van der Waals surface area contributed by atoms with Gasteiger partial charge in [0.2, 0.25) is 5.91 Å². The molecule has 2 aliphatic rings. The molecular weight excluding hydrogens is 401 g/mol. The van der Waals surface area contributed by atoms with Crippen molar-refractivity contribution in [3.63, 3.8) is 0 Å². The van der Waals surface area contributed by atoms with E-state index in [2.05, 4.69) is 15.4 Å². The predicted molar refractivity (Wildman–Crippen MR) is 110 cm³/mol. The zero-order valence-corrected chi connectivity index (χ0v) is 16.5. The molecule has 3 N–H and O–H groups in total. The van der Waals surface area contributed by atoms with Crippen molar-refractivity contribution in [3.05, 3.63) is 65.7 Å². The number of esters is 1. The zero-order chi connectivity index (χ0) is 21.6. The lowest BCUT2D eigenvalue weighted by Crippen LogP contribution is -2.36. The minimum atomic E-state index is -0.697. The second kappa shape index (κ2) is 7.19. The van der Waals surface area contributed by atoms with Crippen LogP contribution in [0, 0.1) is 11.7 Å². The third-order valence-corrected chi connectivity index (χ3v) is 6.09. The van der Waals surface area contributed by atoms with Crippen molar-refractivity contribution < 1.29 is 18.7 Å². The summed E-state index contributed by atoms with van der Waals surface area (Å²) in [6, 6.07) is 9.27. The second-order valence-corrected chi connectivity index (χ2v) is 7.94. The molecule has 158 valence electrons. The van der Waals surface area contributed by atoms with Crippen LogP contribution in [-0.4, -0.2) is 26.7 Å². The van der Waals surface area contributed by atoms with Gasteiger partial charge >= 0.3 is 5.97 Å². The third kappa shape index (κ3) is 3.31. The molecule has 0 bridgehead atoms. The molecule has 0 unspecified atom stereocenters. The van der Waals surface area contributed by atoms with E-state index in [4.69, 9.17) is 10.6 Å². The fourth-order valence-electron chi connectivity index (χ4n) is 4.45. The zero-order valence-electron chi connectivity index (χ0n) is 16.5. The van der Waals surface area contributed by atoms with Gasteiger partial charge in [0.15, 0.2) is 5.82 Å². The van der Waals surface area contributed by atoms with Crippen molar-refractivity contribution in [1.82, 2.24) is 14.9 Å². The number of benzene rings is 1. The summed E-state index contributed by atoms with van der Waals surface area (Å²) in [5, 5.41) is 6.97. The number of halogens is 1. The summed E-state index contributed by atoms with van der Waals surface area (Å²) >= 11 is 0. The van der Waals surface area contributed by atoms with E-state index < -0.39 is 5.60 Å². The fraction of sp³-hybridized carbons (Fsp3) is 0.273. The normalized spacial score (nSPS) is 22.2. The summed E-state index contributed by atoms with van der Waals surface area (Å²) in [7, 11) is 0. The standard InChI is InChI=1S/C22H20FN5O3/c23-15-3-1-2-14(10-15)18-11-19(28(24)27-18)26-20(29)13-4-7-22(8-5-13)17-12-25-9-6-16(17)21(30)31-22/h1-3,6,9-13H,4-5,7-8,24H2,(H,26,29)/t13-,22+. The quantitative estimate of drug-likeness (QED) is 0.497. The molecule has 5 rings (SSSR count). The maximum absolute atomic E-state index is 13.5. The van der Waals surface area contributed by atoms with E-state index in [-0.39, 0.29) is 23.6 Å². The number of carbonyl (C=O) groups is 2. The van der Waals surface area contributed by atoms with Crippen LogP contribution in [0.2, 0.25) is 0 Å². The van der Waals surface area contributed by atoms with Gasteiger partial charge in [-0.25, -0.2) is 9.18 Å². The molecule has 31 heavy (non-hydrogen) atoms. The Hall–Kier alpha value is -3.75. The topological polar surface area (TPSA) is 112 Å². The summed E-state index contributed by atoms with van der Waals surface area (Å²) in [4.78, 5) is 30.2. The lowest BCUT2D eigenvalue weighted by atomic mass is 9.75. The van der Waals surface area contributed by atoms with E-state index in [0.717, 1.165) is 10.4 Å². The molecule has 1 amide bonds. The second-order valence-electron chi connectivity index (χ2n) is 7.94. The SMILES string of the molecule is Nn1nc(-c2cccc(F)c2)cc1NC(=O)[C@H]1CC[C@]2(CC1)OC(=O)c1ccncc12. The first-order valence-electron chi connectivity index (χ1n) is 10.0. The summed E-state index contributed by atoms with van der Waals surface area (Å²) in [5.41, 5.74) is 1.68. The molecule has 1 fully saturated rings. The molecule has 1 saturated carbocycles. The van der Waals surface area contributed by atoms with Crippen LogP contribution in [0.3, 0.4) is 0 Å². The molecule has 3 heterocycles. The van der Waals surface area contributed by atoms with E-state index >= 15 is 0 Å². The summed E-state index contributed by atoms with van der Waals surface area (Å²) in [6.45, 7) is 0. The maximum Gasteiger partial charge on any atom is 0.339 e. The first-order chi connectivity index (χ1) is 14.9.